The van der Waals surface area contributed by atoms with E-state index in [0.29, 0.717) is 37.6 Å². The average molecular weight is 988 g/mol. The molecule has 2 saturated heterocycles. The summed E-state index contributed by atoms with van der Waals surface area (Å²) in [4.78, 5) is 70.1. The van der Waals surface area contributed by atoms with Crippen molar-refractivity contribution in [3.63, 3.8) is 0 Å². The number of aryl methyl sites for hydroxylation is 2. The van der Waals surface area contributed by atoms with Gasteiger partial charge >= 0.3 is 31.8 Å². The Morgan fingerprint density at radius 2 is 1.42 bits per heavy atom. The van der Waals surface area contributed by atoms with Gasteiger partial charge in [-0.25, -0.2) is 9.36 Å². The number of nitrogens with two attached hydrogens (primary N) is 1. The number of carbonyl (C=O) groups excluding carboxylic acids is 4. The Bertz CT molecular complexity index is 1630. The molecule has 2 fully saturated rings. The van der Waals surface area contributed by atoms with Gasteiger partial charge in [0.05, 0.1) is 31.0 Å². The van der Waals surface area contributed by atoms with Gasteiger partial charge in [-0.3, -0.25) is 32.9 Å². The molecule has 19 nitrogen and oxygen atoms in total. The standard InChI is InChI=1S/C46H82N7O12PS/c1-2-3-4-5-6-7-8-9-10-11-12-16-19-27-42(55)62-32-37(33-63-66(60,61)64-34-38(47)45(57)58)65-43(56)28-20-17-14-13-15-18-24-36-31-53(52-51-36)30-23-29-48-41(54)26-22-21-25-40-44-39(35-67-40)49-46(59)50-44/h31,37-40,44H,2-30,32-35,47H2,1H3,(H,48,54)(H,57,58)(H,60,61)(H2,49,50,59)/t37-,38+,39+,40+,44+/m1/s1. The van der Waals surface area contributed by atoms with Gasteiger partial charge in [-0.05, 0) is 44.9 Å². The van der Waals surface area contributed by atoms with Crippen molar-refractivity contribution in [2.45, 2.75) is 216 Å². The van der Waals surface area contributed by atoms with Gasteiger partial charge in [0.15, 0.2) is 6.10 Å². The lowest BCUT2D eigenvalue weighted by Gasteiger charge is -2.20. The number of carboxylic acids is 1. The molecule has 0 aromatic carbocycles. The molecule has 3 rings (SSSR count). The maximum atomic E-state index is 12.7. The van der Waals surface area contributed by atoms with Crippen LogP contribution in [0, 0.1) is 0 Å². The minimum Gasteiger partial charge on any atom is -0.480 e. The van der Waals surface area contributed by atoms with E-state index in [0.717, 1.165) is 94.9 Å². The van der Waals surface area contributed by atoms with Crippen molar-refractivity contribution >= 4 is 49.4 Å². The number of phosphoric ester groups is 1. The fourth-order valence-electron chi connectivity index (χ4n) is 8.04. The number of aliphatic carboxylic acids is 1. The van der Waals surface area contributed by atoms with Crippen molar-refractivity contribution in [2.75, 3.05) is 32.1 Å². The number of fused-ring (bicyclic) bond motifs is 1. The number of amides is 3. The second-order valence-corrected chi connectivity index (χ2v) is 20.7. The van der Waals surface area contributed by atoms with Crippen LogP contribution in [0.4, 0.5) is 4.79 Å². The summed E-state index contributed by atoms with van der Waals surface area (Å²) in [6, 6.07) is -1.20. The molecule has 0 saturated carbocycles. The van der Waals surface area contributed by atoms with E-state index in [1.54, 1.807) is 4.68 Å². The zero-order chi connectivity index (χ0) is 48.5. The van der Waals surface area contributed by atoms with Crippen LogP contribution in [0.2, 0.25) is 0 Å². The third-order valence-corrected chi connectivity index (χ3v) is 14.4. The Morgan fingerprint density at radius 1 is 0.821 bits per heavy atom. The number of aromatic nitrogens is 3. The molecule has 1 unspecified atom stereocenters. The fourth-order valence-corrected chi connectivity index (χ4v) is 10.4. The highest BCUT2D eigenvalue weighted by molar-refractivity contribution is 8.00. The minimum absolute atomic E-state index is 0.0551. The molecule has 1 aromatic rings. The van der Waals surface area contributed by atoms with Crippen LogP contribution in [0.5, 0.6) is 0 Å². The molecule has 7 N–H and O–H groups in total. The molecule has 67 heavy (non-hydrogen) atoms. The summed E-state index contributed by atoms with van der Waals surface area (Å²) in [6.45, 7) is 1.69. The number of carboxylic acid groups (broad SMARTS) is 1. The molecular weight excluding hydrogens is 906 g/mol. The van der Waals surface area contributed by atoms with Crippen LogP contribution in [0.1, 0.15) is 180 Å². The van der Waals surface area contributed by atoms with E-state index in [1.807, 2.05) is 18.0 Å². The normalized spacial score (nSPS) is 18.4. The smallest absolute Gasteiger partial charge is 0.472 e. The first-order chi connectivity index (χ1) is 32.3. The van der Waals surface area contributed by atoms with Gasteiger partial charge < -0.3 is 41.2 Å². The number of rotatable bonds is 42. The number of esters is 2. The third kappa shape index (κ3) is 27.5. The maximum Gasteiger partial charge on any atom is 0.472 e. The van der Waals surface area contributed by atoms with E-state index < -0.39 is 51.1 Å². The second kappa shape index (κ2) is 34.9. The topological polar surface area (TPSA) is 273 Å². The molecule has 2 aliphatic heterocycles. The number of carbonyl (C=O) groups is 5. The number of thioether (sulfide) groups is 1. The van der Waals surface area contributed by atoms with Gasteiger partial charge in [0, 0.05) is 49.6 Å². The molecule has 1 aromatic heterocycles. The van der Waals surface area contributed by atoms with Gasteiger partial charge in [0.2, 0.25) is 5.91 Å². The number of nitrogens with one attached hydrogen (secondary N) is 3. The molecule has 6 atom stereocenters. The SMILES string of the molecule is CCCCCCCCCCCCCCCC(=O)OC[C@H](COP(=O)(O)OC[C@H](N)C(=O)O)OC(=O)CCCCCCCCc1cn(CCCNC(=O)CCCC[C@@H]2SC[C@@H]3NC(=O)N[C@@H]32)nn1. The summed E-state index contributed by atoms with van der Waals surface area (Å²) >= 11 is 1.89. The number of unbranched alkanes of at least 4 members (excludes halogenated alkanes) is 18. The van der Waals surface area contributed by atoms with Crippen LogP contribution >= 0.6 is 19.6 Å². The van der Waals surface area contributed by atoms with Crippen molar-refractivity contribution in [2.24, 2.45) is 5.73 Å². The molecule has 0 spiro atoms. The number of urea groups is 1. The van der Waals surface area contributed by atoms with Crippen LogP contribution in [0.3, 0.4) is 0 Å². The lowest BCUT2D eigenvalue weighted by atomic mass is 10.0. The Balaban J connectivity index is 1.21. The highest BCUT2D eigenvalue weighted by atomic mass is 32.2. The first-order valence-corrected chi connectivity index (χ1v) is 27.7. The van der Waals surface area contributed by atoms with Gasteiger partial charge in [-0.1, -0.05) is 121 Å². The van der Waals surface area contributed by atoms with Gasteiger partial charge in [0.1, 0.15) is 12.6 Å². The number of ether oxygens (including phenoxy) is 2. The molecule has 0 bridgehead atoms. The molecular formula is C46H82N7O12PS. The Morgan fingerprint density at radius 3 is 2.07 bits per heavy atom. The molecule has 2 aliphatic rings. The lowest BCUT2D eigenvalue weighted by Crippen LogP contribution is -2.36. The number of hydrogen-bond donors (Lipinski definition) is 6. The van der Waals surface area contributed by atoms with Crippen molar-refractivity contribution in [3.05, 3.63) is 11.9 Å². The second-order valence-electron chi connectivity index (χ2n) is 18.0. The molecule has 0 radical (unpaired) electrons. The highest BCUT2D eigenvalue weighted by Gasteiger charge is 2.42. The Labute approximate surface area is 402 Å². The van der Waals surface area contributed by atoms with Crippen LogP contribution in [-0.4, -0.2) is 116 Å². The van der Waals surface area contributed by atoms with E-state index in [-0.39, 0.29) is 43.5 Å². The van der Waals surface area contributed by atoms with Crippen LogP contribution in [-0.2, 0) is 55.2 Å². The maximum absolute atomic E-state index is 12.7. The van der Waals surface area contributed by atoms with Crippen LogP contribution in [0.15, 0.2) is 6.20 Å². The molecule has 0 aliphatic carbocycles. The zero-order valence-corrected chi connectivity index (χ0v) is 41.8. The predicted octanol–water partition coefficient (Wildman–Crippen LogP) is 7.27. The third-order valence-electron chi connectivity index (χ3n) is 12.0. The molecule has 21 heteroatoms. The van der Waals surface area contributed by atoms with Crippen LogP contribution < -0.4 is 21.7 Å². The molecule has 3 heterocycles. The molecule has 3 amide bonds. The van der Waals surface area contributed by atoms with E-state index in [4.69, 9.17) is 24.8 Å². The first kappa shape index (κ1) is 58.0. The fraction of sp³-hybridized carbons (Fsp3) is 0.848. The van der Waals surface area contributed by atoms with E-state index >= 15 is 0 Å². The Kier molecular flexibility index (Phi) is 30.2. The van der Waals surface area contributed by atoms with Crippen molar-refractivity contribution in [1.29, 1.82) is 0 Å². The summed E-state index contributed by atoms with van der Waals surface area (Å²) in [5, 5.41) is 26.8. The van der Waals surface area contributed by atoms with Crippen molar-refractivity contribution in [1.82, 2.24) is 30.9 Å². The number of nitrogens with zero attached hydrogens (tertiary/aromatic N) is 3. The quantitative estimate of drug-likeness (QED) is 0.0163. The lowest BCUT2D eigenvalue weighted by molar-refractivity contribution is -0.161. The summed E-state index contributed by atoms with van der Waals surface area (Å²) in [5.41, 5.74) is 6.27. The summed E-state index contributed by atoms with van der Waals surface area (Å²) in [6.07, 6.45) is 26.4. The van der Waals surface area contributed by atoms with Crippen molar-refractivity contribution in [3.8, 4) is 0 Å². The molecule has 384 valence electrons. The van der Waals surface area contributed by atoms with E-state index in [2.05, 4.69) is 37.7 Å². The Hall–Kier alpha value is -3.29. The minimum atomic E-state index is -4.76. The number of phosphoric acid groups is 1. The van der Waals surface area contributed by atoms with E-state index in [9.17, 15) is 33.4 Å². The van der Waals surface area contributed by atoms with Crippen molar-refractivity contribution < 1.29 is 57.1 Å². The monoisotopic (exact) mass is 988 g/mol. The predicted molar refractivity (Wildman–Crippen MR) is 256 cm³/mol. The largest absolute Gasteiger partial charge is 0.480 e. The van der Waals surface area contributed by atoms with Gasteiger partial charge in [-0.15, -0.1) is 5.10 Å². The van der Waals surface area contributed by atoms with Gasteiger partial charge in [0.25, 0.3) is 0 Å². The van der Waals surface area contributed by atoms with Crippen LogP contribution in [0.25, 0.3) is 0 Å². The summed E-state index contributed by atoms with van der Waals surface area (Å²) in [7, 11) is -4.76. The summed E-state index contributed by atoms with van der Waals surface area (Å²) in [5.74, 6) is -1.47. The highest BCUT2D eigenvalue weighted by Crippen LogP contribution is 2.43. The average Bonchev–Trinajstić information content (AvgIpc) is 4.02. The van der Waals surface area contributed by atoms with Gasteiger partial charge in [-0.2, -0.15) is 11.8 Å². The first-order valence-electron chi connectivity index (χ1n) is 25.1. The van der Waals surface area contributed by atoms with E-state index in [1.165, 1.54) is 57.8 Å². The number of hydrogen-bond acceptors (Lipinski definition) is 14. The summed E-state index contributed by atoms with van der Waals surface area (Å²) < 4.78 is 34.6. The zero-order valence-electron chi connectivity index (χ0n) is 40.0.